The molecule has 0 aliphatic carbocycles. The summed E-state index contributed by atoms with van der Waals surface area (Å²) in [5.74, 6) is 0.594. The lowest BCUT2D eigenvalue weighted by molar-refractivity contribution is -0.126. The molecule has 0 aromatic rings. The molecule has 3 N–H and O–H groups in total. The molecule has 5 heteroatoms. The first-order chi connectivity index (χ1) is 7.59. The van der Waals surface area contributed by atoms with Crippen molar-refractivity contribution >= 4 is 11.8 Å². The summed E-state index contributed by atoms with van der Waals surface area (Å²) in [6.07, 6.45) is 2.12. The number of amides is 2. The SMILES string of the molecule is CC(C)CCCNC(=O)C1CNC(=O)CN1. The van der Waals surface area contributed by atoms with Crippen LogP contribution in [0.1, 0.15) is 26.7 Å². The summed E-state index contributed by atoms with van der Waals surface area (Å²) in [7, 11) is 0. The van der Waals surface area contributed by atoms with Crippen LogP contribution in [0.4, 0.5) is 0 Å². The second kappa shape index (κ2) is 6.48. The van der Waals surface area contributed by atoms with E-state index in [-0.39, 0.29) is 24.4 Å². The summed E-state index contributed by atoms with van der Waals surface area (Å²) in [5.41, 5.74) is 0. The Morgan fingerprint density at radius 3 is 2.88 bits per heavy atom. The maximum Gasteiger partial charge on any atom is 0.238 e. The molecule has 5 nitrogen and oxygen atoms in total. The van der Waals surface area contributed by atoms with Crippen molar-refractivity contribution in [1.29, 1.82) is 0 Å². The third-order valence-electron chi connectivity index (χ3n) is 2.59. The van der Waals surface area contributed by atoms with Gasteiger partial charge >= 0.3 is 0 Å². The summed E-state index contributed by atoms with van der Waals surface area (Å²) in [5, 5.41) is 8.42. The van der Waals surface area contributed by atoms with Crippen molar-refractivity contribution in [2.75, 3.05) is 19.6 Å². The monoisotopic (exact) mass is 227 g/mol. The Balaban J connectivity index is 2.12. The van der Waals surface area contributed by atoms with Crippen LogP contribution in [0.5, 0.6) is 0 Å². The van der Waals surface area contributed by atoms with Crippen LogP contribution in [0.25, 0.3) is 0 Å². The van der Waals surface area contributed by atoms with Gasteiger partial charge in [-0.2, -0.15) is 0 Å². The smallest absolute Gasteiger partial charge is 0.238 e. The maximum atomic E-state index is 11.6. The molecule has 1 heterocycles. The lowest BCUT2D eigenvalue weighted by Gasteiger charge is -2.23. The second-order valence-corrected chi connectivity index (χ2v) is 4.56. The minimum atomic E-state index is -0.281. The van der Waals surface area contributed by atoms with E-state index in [2.05, 4.69) is 29.8 Å². The van der Waals surface area contributed by atoms with E-state index in [0.717, 1.165) is 12.8 Å². The molecule has 16 heavy (non-hydrogen) atoms. The third-order valence-corrected chi connectivity index (χ3v) is 2.59. The third kappa shape index (κ3) is 4.61. The van der Waals surface area contributed by atoms with Crippen LogP contribution in [0.3, 0.4) is 0 Å². The molecule has 1 atom stereocenters. The molecule has 1 fully saturated rings. The average molecular weight is 227 g/mol. The number of carbonyl (C=O) groups excluding carboxylic acids is 2. The van der Waals surface area contributed by atoms with E-state index in [1.807, 2.05) is 0 Å². The quantitative estimate of drug-likeness (QED) is 0.561. The van der Waals surface area contributed by atoms with Gasteiger partial charge in [0.05, 0.1) is 6.54 Å². The summed E-state index contributed by atoms with van der Waals surface area (Å²) < 4.78 is 0. The molecule has 0 aromatic heterocycles. The Morgan fingerprint density at radius 2 is 2.31 bits per heavy atom. The molecule has 0 spiro atoms. The molecule has 1 saturated heterocycles. The molecule has 1 aliphatic rings. The van der Waals surface area contributed by atoms with Gasteiger partial charge in [0.15, 0.2) is 0 Å². The van der Waals surface area contributed by atoms with Gasteiger partial charge in [-0.25, -0.2) is 0 Å². The molecular weight excluding hydrogens is 206 g/mol. The van der Waals surface area contributed by atoms with Crippen LogP contribution in [0.15, 0.2) is 0 Å². The normalized spacial score (nSPS) is 20.7. The minimum Gasteiger partial charge on any atom is -0.355 e. The Bertz CT molecular complexity index is 244. The van der Waals surface area contributed by atoms with E-state index in [1.54, 1.807) is 0 Å². The summed E-state index contributed by atoms with van der Waals surface area (Å²) in [6, 6.07) is -0.281. The van der Waals surface area contributed by atoms with Gasteiger partial charge in [-0.1, -0.05) is 13.8 Å². The lowest BCUT2D eigenvalue weighted by atomic mass is 10.1. The Kier molecular flexibility index (Phi) is 5.25. The number of hydrogen-bond acceptors (Lipinski definition) is 3. The van der Waals surface area contributed by atoms with Gasteiger partial charge in [-0.3, -0.25) is 14.9 Å². The van der Waals surface area contributed by atoms with Gasteiger partial charge in [0.1, 0.15) is 6.04 Å². The van der Waals surface area contributed by atoms with Crippen LogP contribution >= 0.6 is 0 Å². The molecule has 1 aliphatic heterocycles. The van der Waals surface area contributed by atoms with Crippen LogP contribution in [-0.4, -0.2) is 37.5 Å². The zero-order chi connectivity index (χ0) is 12.0. The zero-order valence-electron chi connectivity index (χ0n) is 10.0. The van der Waals surface area contributed by atoms with E-state index >= 15 is 0 Å². The highest BCUT2D eigenvalue weighted by Gasteiger charge is 2.22. The van der Waals surface area contributed by atoms with E-state index in [4.69, 9.17) is 0 Å². The first-order valence-corrected chi connectivity index (χ1v) is 5.87. The van der Waals surface area contributed by atoms with E-state index in [0.29, 0.717) is 19.0 Å². The second-order valence-electron chi connectivity index (χ2n) is 4.56. The lowest BCUT2D eigenvalue weighted by Crippen LogP contribution is -2.58. The first-order valence-electron chi connectivity index (χ1n) is 5.87. The molecule has 92 valence electrons. The number of piperazine rings is 1. The van der Waals surface area contributed by atoms with Crippen molar-refractivity contribution in [3.8, 4) is 0 Å². The molecule has 1 unspecified atom stereocenters. The summed E-state index contributed by atoms with van der Waals surface area (Å²) in [6.45, 7) is 5.65. The number of hydrogen-bond donors (Lipinski definition) is 3. The van der Waals surface area contributed by atoms with Crippen molar-refractivity contribution in [1.82, 2.24) is 16.0 Å². The van der Waals surface area contributed by atoms with Gasteiger partial charge in [0.2, 0.25) is 11.8 Å². The van der Waals surface area contributed by atoms with E-state index in [1.165, 1.54) is 0 Å². The van der Waals surface area contributed by atoms with Crippen molar-refractivity contribution < 1.29 is 9.59 Å². The van der Waals surface area contributed by atoms with Crippen LogP contribution < -0.4 is 16.0 Å². The predicted molar refractivity (Wildman–Crippen MR) is 61.9 cm³/mol. The predicted octanol–water partition coefficient (Wildman–Crippen LogP) is -0.373. The summed E-state index contributed by atoms with van der Waals surface area (Å²) >= 11 is 0. The summed E-state index contributed by atoms with van der Waals surface area (Å²) in [4.78, 5) is 22.5. The fourth-order valence-corrected chi connectivity index (χ4v) is 1.60. The molecule has 0 saturated carbocycles. The highest BCUT2D eigenvalue weighted by atomic mass is 16.2. The topological polar surface area (TPSA) is 70.2 Å². The Morgan fingerprint density at radius 1 is 1.56 bits per heavy atom. The van der Waals surface area contributed by atoms with Crippen molar-refractivity contribution in [2.45, 2.75) is 32.7 Å². The highest BCUT2D eigenvalue weighted by Crippen LogP contribution is 2.01. The maximum absolute atomic E-state index is 11.6. The van der Waals surface area contributed by atoms with Gasteiger partial charge < -0.3 is 10.6 Å². The fraction of sp³-hybridized carbons (Fsp3) is 0.818. The van der Waals surface area contributed by atoms with Gasteiger partial charge in [-0.15, -0.1) is 0 Å². The fourth-order valence-electron chi connectivity index (χ4n) is 1.60. The largest absolute Gasteiger partial charge is 0.355 e. The number of nitrogens with one attached hydrogen (secondary N) is 3. The first kappa shape index (κ1) is 13.0. The average Bonchev–Trinajstić information content (AvgIpc) is 2.25. The molecular formula is C11H21N3O2. The Labute approximate surface area is 96.4 Å². The van der Waals surface area contributed by atoms with Crippen LogP contribution in [0, 0.1) is 5.92 Å². The van der Waals surface area contributed by atoms with Gasteiger partial charge in [0, 0.05) is 13.1 Å². The van der Waals surface area contributed by atoms with Crippen molar-refractivity contribution in [2.24, 2.45) is 5.92 Å². The van der Waals surface area contributed by atoms with Gasteiger partial charge in [0.25, 0.3) is 0 Å². The highest BCUT2D eigenvalue weighted by molar-refractivity contribution is 5.86. The molecule has 0 bridgehead atoms. The number of carbonyl (C=O) groups is 2. The molecule has 0 aromatic carbocycles. The van der Waals surface area contributed by atoms with E-state index in [9.17, 15) is 9.59 Å². The Hall–Kier alpha value is -1.10. The molecule has 2 amide bonds. The van der Waals surface area contributed by atoms with Gasteiger partial charge in [-0.05, 0) is 18.8 Å². The molecule has 1 rings (SSSR count). The minimum absolute atomic E-state index is 0.0243. The van der Waals surface area contributed by atoms with E-state index < -0.39 is 0 Å². The number of rotatable bonds is 5. The zero-order valence-corrected chi connectivity index (χ0v) is 10.0. The molecule has 0 radical (unpaired) electrons. The van der Waals surface area contributed by atoms with Crippen LogP contribution in [0.2, 0.25) is 0 Å². The van der Waals surface area contributed by atoms with Crippen molar-refractivity contribution in [3.63, 3.8) is 0 Å². The standard InChI is InChI=1S/C11H21N3O2/c1-8(2)4-3-5-12-11(16)9-6-14-10(15)7-13-9/h8-9,13H,3-7H2,1-2H3,(H,12,16)(H,14,15). The van der Waals surface area contributed by atoms with Crippen LogP contribution in [-0.2, 0) is 9.59 Å². The van der Waals surface area contributed by atoms with Crippen molar-refractivity contribution in [3.05, 3.63) is 0 Å².